The molecule has 7 nitrogen and oxygen atoms in total. The van der Waals surface area contributed by atoms with Crippen molar-refractivity contribution < 1.29 is 22.5 Å². The number of carbonyl (C=O) groups excluding carboxylic acids is 1. The van der Waals surface area contributed by atoms with Crippen molar-refractivity contribution >= 4 is 15.9 Å². The second kappa shape index (κ2) is 8.33. The zero-order valence-corrected chi connectivity index (χ0v) is 16.6. The molecule has 1 aromatic rings. The highest BCUT2D eigenvalue weighted by atomic mass is 32.2. The highest BCUT2D eigenvalue weighted by molar-refractivity contribution is 7.89. The third kappa shape index (κ3) is 5.03. The van der Waals surface area contributed by atoms with E-state index in [0.29, 0.717) is 13.1 Å². The van der Waals surface area contributed by atoms with Crippen LogP contribution in [-0.4, -0.2) is 56.9 Å². The minimum Gasteiger partial charge on any atom is -0.333 e. The van der Waals surface area contributed by atoms with Crippen molar-refractivity contribution in [2.45, 2.75) is 31.2 Å². The average Bonchev–Trinajstić information content (AvgIpc) is 2.62. The van der Waals surface area contributed by atoms with E-state index in [1.165, 1.54) is 16.4 Å². The molecule has 27 heavy (non-hydrogen) atoms. The summed E-state index contributed by atoms with van der Waals surface area (Å²) < 4.78 is 39.6. The molecule has 0 bridgehead atoms. The van der Waals surface area contributed by atoms with Gasteiger partial charge >= 0.3 is 0 Å². The van der Waals surface area contributed by atoms with Crippen LogP contribution in [0.1, 0.15) is 20.8 Å². The van der Waals surface area contributed by atoms with Crippen molar-refractivity contribution in [3.8, 4) is 6.07 Å². The topological polar surface area (TPSA) is 94.7 Å². The van der Waals surface area contributed by atoms with Gasteiger partial charge < -0.3 is 10.2 Å². The maximum absolute atomic E-state index is 13.0. The number of hydrogen-bond acceptors (Lipinski definition) is 4. The van der Waals surface area contributed by atoms with E-state index in [2.05, 4.69) is 11.4 Å². The number of amides is 1. The molecule has 0 unspecified atom stereocenters. The summed E-state index contributed by atoms with van der Waals surface area (Å²) in [5.74, 6) is -0.739. The lowest BCUT2D eigenvalue weighted by Crippen LogP contribution is -3.16. The van der Waals surface area contributed by atoms with Gasteiger partial charge in [-0.1, -0.05) is 13.8 Å². The maximum Gasteiger partial charge on any atom is 0.276 e. The number of sulfonamides is 1. The maximum atomic E-state index is 13.0. The molecule has 1 heterocycles. The third-order valence-electron chi connectivity index (χ3n) is 5.08. The van der Waals surface area contributed by atoms with Crippen molar-refractivity contribution in [1.29, 1.82) is 5.26 Å². The highest BCUT2D eigenvalue weighted by Crippen LogP contribution is 2.16. The fourth-order valence-electron chi connectivity index (χ4n) is 2.84. The van der Waals surface area contributed by atoms with Crippen LogP contribution in [0.2, 0.25) is 0 Å². The van der Waals surface area contributed by atoms with Gasteiger partial charge in [0.2, 0.25) is 10.0 Å². The second-order valence-corrected chi connectivity index (χ2v) is 9.24. The Kier molecular flexibility index (Phi) is 6.57. The van der Waals surface area contributed by atoms with E-state index in [4.69, 9.17) is 0 Å². The average molecular weight is 397 g/mol. The molecule has 0 saturated carbocycles. The van der Waals surface area contributed by atoms with E-state index in [1.54, 1.807) is 6.92 Å². The zero-order chi connectivity index (χ0) is 20.2. The van der Waals surface area contributed by atoms with Gasteiger partial charge in [-0.15, -0.1) is 0 Å². The van der Waals surface area contributed by atoms with Crippen LogP contribution in [0.25, 0.3) is 0 Å². The second-order valence-electron chi connectivity index (χ2n) is 7.30. The van der Waals surface area contributed by atoms with E-state index in [0.717, 1.165) is 17.0 Å². The summed E-state index contributed by atoms with van der Waals surface area (Å²) >= 11 is 0. The van der Waals surface area contributed by atoms with Gasteiger partial charge in [0.25, 0.3) is 5.91 Å². The summed E-state index contributed by atoms with van der Waals surface area (Å²) in [7, 11) is -3.66. The van der Waals surface area contributed by atoms with Gasteiger partial charge in [-0.05, 0) is 37.1 Å². The molecule has 1 saturated heterocycles. The van der Waals surface area contributed by atoms with Gasteiger partial charge in [0, 0.05) is 0 Å². The van der Waals surface area contributed by atoms with Crippen LogP contribution in [0.15, 0.2) is 29.2 Å². The lowest BCUT2D eigenvalue weighted by molar-refractivity contribution is -0.895. The molecule has 1 aromatic carbocycles. The van der Waals surface area contributed by atoms with E-state index in [9.17, 15) is 22.9 Å². The molecular weight excluding hydrogens is 371 g/mol. The predicted octanol–water partition coefficient (Wildman–Crippen LogP) is -0.231. The summed E-state index contributed by atoms with van der Waals surface area (Å²) in [6, 6.07) is 6.90. The first kappa shape index (κ1) is 21.3. The Balaban J connectivity index is 1.92. The summed E-state index contributed by atoms with van der Waals surface area (Å²) in [5, 5.41) is 12.1. The SMILES string of the molecule is CC(C)[C@](C)(C#N)NC(=O)C[NH+]1CCN(S(=O)(=O)c2ccc(F)cc2)CC1. The number of piperazine rings is 1. The normalized spacial score (nSPS) is 18.7. The molecule has 148 valence electrons. The number of halogens is 1. The Morgan fingerprint density at radius 1 is 1.33 bits per heavy atom. The summed E-state index contributed by atoms with van der Waals surface area (Å²) in [5.41, 5.74) is -0.926. The Morgan fingerprint density at radius 3 is 2.37 bits per heavy atom. The number of benzene rings is 1. The first-order chi connectivity index (χ1) is 12.6. The van der Waals surface area contributed by atoms with Crippen molar-refractivity contribution in [3.63, 3.8) is 0 Å². The van der Waals surface area contributed by atoms with Gasteiger partial charge in [-0.25, -0.2) is 12.8 Å². The van der Waals surface area contributed by atoms with Crippen LogP contribution in [0.5, 0.6) is 0 Å². The molecule has 0 aromatic heterocycles. The predicted molar refractivity (Wildman–Crippen MR) is 97.7 cm³/mol. The molecule has 1 fully saturated rings. The van der Waals surface area contributed by atoms with Gasteiger partial charge in [-0.2, -0.15) is 9.57 Å². The number of nitrogens with zero attached hydrogens (tertiary/aromatic N) is 2. The van der Waals surface area contributed by atoms with E-state index < -0.39 is 21.4 Å². The smallest absolute Gasteiger partial charge is 0.276 e. The molecule has 9 heteroatoms. The molecule has 2 rings (SSSR count). The molecule has 1 aliphatic heterocycles. The molecule has 0 spiro atoms. The molecule has 1 atom stereocenters. The summed E-state index contributed by atoms with van der Waals surface area (Å²) in [6.45, 7) is 7.15. The summed E-state index contributed by atoms with van der Waals surface area (Å²) in [6.07, 6.45) is 0. The quantitative estimate of drug-likeness (QED) is 0.693. The number of hydrogen-bond donors (Lipinski definition) is 2. The van der Waals surface area contributed by atoms with Crippen LogP contribution in [0.3, 0.4) is 0 Å². The molecule has 2 N–H and O–H groups in total. The minimum atomic E-state index is -3.66. The fraction of sp³-hybridized carbons (Fsp3) is 0.556. The van der Waals surface area contributed by atoms with Crippen LogP contribution < -0.4 is 10.2 Å². The molecule has 0 radical (unpaired) electrons. The lowest BCUT2D eigenvalue weighted by Gasteiger charge is -2.32. The Hall–Kier alpha value is -2.02. The third-order valence-corrected chi connectivity index (χ3v) is 6.99. The van der Waals surface area contributed by atoms with Gasteiger partial charge in [-0.3, -0.25) is 4.79 Å². The Bertz CT molecular complexity index is 812. The fourth-order valence-corrected chi connectivity index (χ4v) is 4.28. The van der Waals surface area contributed by atoms with Gasteiger partial charge in [0.15, 0.2) is 6.54 Å². The van der Waals surface area contributed by atoms with Crippen molar-refractivity contribution in [3.05, 3.63) is 30.1 Å². The lowest BCUT2D eigenvalue weighted by atomic mass is 9.90. The first-order valence-corrected chi connectivity index (χ1v) is 10.3. The van der Waals surface area contributed by atoms with E-state index in [-0.39, 0.29) is 36.4 Å². The Morgan fingerprint density at radius 2 is 1.89 bits per heavy atom. The van der Waals surface area contributed by atoms with Crippen molar-refractivity contribution in [2.75, 3.05) is 32.7 Å². The van der Waals surface area contributed by atoms with Crippen LogP contribution in [0, 0.1) is 23.1 Å². The van der Waals surface area contributed by atoms with Gasteiger partial charge in [0.05, 0.1) is 37.1 Å². The number of rotatable bonds is 6. The molecule has 0 aliphatic carbocycles. The van der Waals surface area contributed by atoms with Crippen LogP contribution in [-0.2, 0) is 14.8 Å². The highest BCUT2D eigenvalue weighted by Gasteiger charge is 2.34. The minimum absolute atomic E-state index is 0.0286. The van der Waals surface area contributed by atoms with Crippen LogP contribution >= 0.6 is 0 Å². The summed E-state index contributed by atoms with van der Waals surface area (Å²) in [4.78, 5) is 13.3. The number of carbonyl (C=O) groups is 1. The molecule has 1 amide bonds. The van der Waals surface area contributed by atoms with Gasteiger partial charge in [0.1, 0.15) is 11.4 Å². The number of nitriles is 1. The zero-order valence-electron chi connectivity index (χ0n) is 15.8. The largest absolute Gasteiger partial charge is 0.333 e. The van der Waals surface area contributed by atoms with E-state index in [1.807, 2.05) is 13.8 Å². The standard InChI is InChI=1S/C18H25FN4O3S/c1-14(2)18(3,13-20)21-17(24)12-22-8-10-23(11-9-22)27(25,26)16-6-4-15(19)5-7-16/h4-7,14H,8-12H2,1-3H3,(H,21,24)/p+1/t18-/m0/s1. The molecule has 1 aliphatic rings. The first-order valence-electron chi connectivity index (χ1n) is 8.90. The van der Waals surface area contributed by atoms with Crippen LogP contribution in [0.4, 0.5) is 4.39 Å². The monoisotopic (exact) mass is 397 g/mol. The van der Waals surface area contributed by atoms with Crippen molar-refractivity contribution in [2.24, 2.45) is 5.92 Å². The number of quaternary nitrogens is 1. The Labute approximate surface area is 159 Å². The van der Waals surface area contributed by atoms with E-state index >= 15 is 0 Å². The number of nitrogens with one attached hydrogen (secondary N) is 2. The van der Waals surface area contributed by atoms with Crippen molar-refractivity contribution in [1.82, 2.24) is 9.62 Å². The molecular formula is C18H26FN4O3S+.